The van der Waals surface area contributed by atoms with E-state index in [1.54, 1.807) is 0 Å². The third-order valence-corrected chi connectivity index (χ3v) is 3.33. The predicted molar refractivity (Wildman–Crippen MR) is 71.5 cm³/mol. The SMILES string of the molecule is CCN=CC(OC(P)(CC)CC)=C(C)C. The summed E-state index contributed by atoms with van der Waals surface area (Å²) in [6.45, 7) is 11.2. The maximum absolute atomic E-state index is 5.99. The van der Waals surface area contributed by atoms with Crippen LogP contribution < -0.4 is 0 Å². The van der Waals surface area contributed by atoms with Crippen molar-refractivity contribution in [1.82, 2.24) is 0 Å². The molecule has 15 heavy (non-hydrogen) atoms. The highest BCUT2D eigenvalue weighted by atomic mass is 31.0. The fourth-order valence-electron chi connectivity index (χ4n) is 1.05. The molecule has 0 N–H and O–H groups in total. The Bertz CT molecular complexity index is 238. The average Bonchev–Trinajstić information content (AvgIpc) is 2.23. The van der Waals surface area contributed by atoms with Crippen LogP contribution in [0.1, 0.15) is 47.5 Å². The van der Waals surface area contributed by atoms with Crippen LogP contribution in [0.3, 0.4) is 0 Å². The molecule has 0 saturated carbocycles. The summed E-state index contributed by atoms with van der Waals surface area (Å²) < 4.78 is 5.99. The van der Waals surface area contributed by atoms with E-state index in [0.29, 0.717) is 0 Å². The van der Waals surface area contributed by atoms with E-state index in [1.807, 2.05) is 27.0 Å². The Labute approximate surface area is 96.4 Å². The van der Waals surface area contributed by atoms with Gasteiger partial charge in [-0.3, -0.25) is 4.99 Å². The Balaban J connectivity index is 4.70. The molecule has 2 nitrogen and oxygen atoms in total. The summed E-state index contributed by atoms with van der Waals surface area (Å²) in [7, 11) is 2.81. The molecule has 0 aliphatic carbocycles. The summed E-state index contributed by atoms with van der Waals surface area (Å²) in [4.78, 5) is 4.23. The second kappa shape index (κ2) is 7.00. The van der Waals surface area contributed by atoms with Crippen LogP contribution in [0, 0.1) is 0 Å². The molecule has 0 aromatic heterocycles. The molecule has 0 aromatic rings. The fourth-order valence-corrected chi connectivity index (χ4v) is 1.17. The Morgan fingerprint density at radius 1 is 1.27 bits per heavy atom. The summed E-state index contributed by atoms with van der Waals surface area (Å²) in [5.74, 6) is 0.899. The van der Waals surface area contributed by atoms with Crippen molar-refractivity contribution < 1.29 is 4.74 Å². The molecule has 0 aromatic carbocycles. The molecule has 0 fully saturated rings. The van der Waals surface area contributed by atoms with Gasteiger partial charge in [-0.05, 0) is 39.2 Å². The average molecular weight is 229 g/mol. The first-order valence-electron chi connectivity index (χ1n) is 5.64. The minimum atomic E-state index is -0.146. The van der Waals surface area contributed by atoms with Gasteiger partial charge in [0.1, 0.15) is 11.1 Å². The zero-order chi connectivity index (χ0) is 11.9. The lowest BCUT2D eigenvalue weighted by Gasteiger charge is -2.29. The number of rotatable bonds is 6. The van der Waals surface area contributed by atoms with E-state index in [2.05, 4.69) is 28.1 Å². The van der Waals surface area contributed by atoms with Gasteiger partial charge >= 0.3 is 0 Å². The van der Waals surface area contributed by atoms with E-state index >= 15 is 0 Å². The Hall–Kier alpha value is -0.360. The highest BCUT2D eigenvalue weighted by molar-refractivity contribution is 7.18. The molecule has 1 unspecified atom stereocenters. The van der Waals surface area contributed by atoms with Gasteiger partial charge in [0.2, 0.25) is 0 Å². The fraction of sp³-hybridized carbons (Fsp3) is 0.750. The first kappa shape index (κ1) is 14.6. The topological polar surface area (TPSA) is 21.6 Å². The molecule has 0 aliphatic rings. The minimum Gasteiger partial charge on any atom is -0.482 e. The molecule has 88 valence electrons. The second-order valence-corrected chi connectivity index (χ2v) is 4.92. The lowest BCUT2D eigenvalue weighted by Crippen LogP contribution is -2.23. The van der Waals surface area contributed by atoms with E-state index in [9.17, 15) is 0 Å². The zero-order valence-corrected chi connectivity index (χ0v) is 11.8. The van der Waals surface area contributed by atoms with Crippen molar-refractivity contribution in [3.63, 3.8) is 0 Å². The maximum Gasteiger partial charge on any atom is 0.137 e. The van der Waals surface area contributed by atoms with Gasteiger partial charge < -0.3 is 4.74 Å². The van der Waals surface area contributed by atoms with Gasteiger partial charge in [0.15, 0.2) is 0 Å². The van der Waals surface area contributed by atoms with Gasteiger partial charge in [-0.15, -0.1) is 0 Å². The van der Waals surface area contributed by atoms with Crippen LogP contribution >= 0.6 is 9.24 Å². The van der Waals surface area contributed by atoms with Gasteiger partial charge in [-0.2, -0.15) is 0 Å². The van der Waals surface area contributed by atoms with Crippen molar-refractivity contribution in [3.8, 4) is 0 Å². The predicted octanol–water partition coefficient (Wildman–Crippen LogP) is 3.78. The number of allylic oxidation sites excluding steroid dienone is 2. The van der Waals surface area contributed by atoms with Crippen LogP contribution in [0.2, 0.25) is 0 Å². The monoisotopic (exact) mass is 229 g/mol. The van der Waals surface area contributed by atoms with Gasteiger partial charge in [0.25, 0.3) is 0 Å². The summed E-state index contributed by atoms with van der Waals surface area (Å²) in [5, 5.41) is -0.146. The van der Waals surface area contributed by atoms with Crippen molar-refractivity contribution in [2.45, 2.75) is 52.8 Å². The first-order chi connectivity index (χ1) is 6.99. The van der Waals surface area contributed by atoms with Gasteiger partial charge in [-0.1, -0.05) is 23.1 Å². The minimum absolute atomic E-state index is 0.146. The number of hydrogen-bond donors (Lipinski definition) is 0. The normalized spacial score (nSPS) is 11.9. The Morgan fingerprint density at radius 3 is 2.13 bits per heavy atom. The summed E-state index contributed by atoms with van der Waals surface area (Å²) in [6.07, 6.45) is 3.79. The molecule has 0 aliphatic heterocycles. The summed E-state index contributed by atoms with van der Waals surface area (Å²) >= 11 is 0. The summed E-state index contributed by atoms with van der Waals surface area (Å²) in [6, 6.07) is 0. The van der Waals surface area contributed by atoms with Crippen LogP contribution in [-0.2, 0) is 4.74 Å². The second-order valence-electron chi connectivity index (χ2n) is 3.87. The molecule has 0 rings (SSSR count). The van der Waals surface area contributed by atoms with Crippen molar-refractivity contribution >= 4 is 15.5 Å². The third kappa shape index (κ3) is 5.32. The molecule has 0 spiro atoms. The Morgan fingerprint density at radius 2 is 1.80 bits per heavy atom. The number of aliphatic imine (C=N–C) groups is 1. The molecule has 1 atom stereocenters. The van der Waals surface area contributed by atoms with E-state index in [-0.39, 0.29) is 5.34 Å². The van der Waals surface area contributed by atoms with Gasteiger partial charge in [0, 0.05) is 6.54 Å². The van der Waals surface area contributed by atoms with Gasteiger partial charge in [-0.25, -0.2) is 0 Å². The van der Waals surface area contributed by atoms with Crippen LogP contribution in [-0.4, -0.2) is 18.1 Å². The van der Waals surface area contributed by atoms with Crippen molar-refractivity contribution in [2.75, 3.05) is 6.54 Å². The first-order valence-corrected chi connectivity index (χ1v) is 6.22. The van der Waals surface area contributed by atoms with Gasteiger partial charge in [0.05, 0.1) is 6.21 Å². The molecule has 0 amide bonds. The molecular weight excluding hydrogens is 205 g/mol. The van der Waals surface area contributed by atoms with Crippen LogP contribution in [0.4, 0.5) is 0 Å². The zero-order valence-electron chi connectivity index (χ0n) is 10.6. The van der Waals surface area contributed by atoms with Crippen LogP contribution in [0.5, 0.6) is 0 Å². The molecule has 0 radical (unpaired) electrons. The van der Waals surface area contributed by atoms with E-state index in [4.69, 9.17) is 4.74 Å². The van der Waals surface area contributed by atoms with E-state index < -0.39 is 0 Å². The van der Waals surface area contributed by atoms with E-state index in [1.165, 1.54) is 5.57 Å². The standard InChI is InChI=1S/C12H24NOP/c1-6-12(15,7-2)14-11(10(4)5)9-13-8-3/h9H,6-8,15H2,1-5H3. The van der Waals surface area contributed by atoms with Crippen molar-refractivity contribution in [1.29, 1.82) is 0 Å². The van der Waals surface area contributed by atoms with Crippen molar-refractivity contribution in [2.24, 2.45) is 4.99 Å². The smallest absolute Gasteiger partial charge is 0.137 e. The van der Waals surface area contributed by atoms with Crippen LogP contribution in [0.15, 0.2) is 16.3 Å². The quantitative estimate of drug-likeness (QED) is 0.386. The molecule has 0 saturated heterocycles. The highest BCUT2D eigenvalue weighted by Crippen LogP contribution is 2.31. The largest absolute Gasteiger partial charge is 0.482 e. The Kier molecular flexibility index (Phi) is 6.84. The maximum atomic E-state index is 5.99. The number of nitrogens with zero attached hydrogens (tertiary/aromatic N) is 1. The lowest BCUT2D eigenvalue weighted by molar-refractivity contribution is 0.0877. The highest BCUT2D eigenvalue weighted by Gasteiger charge is 2.22. The lowest BCUT2D eigenvalue weighted by atomic mass is 10.2. The molecule has 0 heterocycles. The number of hydrogen-bond acceptors (Lipinski definition) is 2. The molecule has 0 bridgehead atoms. The third-order valence-electron chi connectivity index (χ3n) is 2.39. The van der Waals surface area contributed by atoms with E-state index in [0.717, 1.165) is 25.1 Å². The van der Waals surface area contributed by atoms with Crippen LogP contribution in [0.25, 0.3) is 0 Å². The van der Waals surface area contributed by atoms with Crippen molar-refractivity contribution in [3.05, 3.63) is 11.3 Å². The molecule has 3 heteroatoms. The molecular formula is C12H24NOP. The number of ether oxygens (including phenoxy) is 1. The summed E-state index contributed by atoms with van der Waals surface area (Å²) in [5.41, 5.74) is 1.17.